The van der Waals surface area contributed by atoms with Gasteiger partial charge in [0, 0.05) is 23.2 Å². The predicted molar refractivity (Wildman–Crippen MR) is 119 cm³/mol. The van der Waals surface area contributed by atoms with Crippen LogP contribution in [0.25, 0.3) is 27.7 Å². The second kappa shape index (κ2) is 7.62. The molecule has 2 aromatic carbocycles. The number of amides is 1. The Kier molecular flexibility index (Phi) is 4.63. The standard InChI is InChI=1S/C23H17N5O4/c1-14-9-21(30)32-19-10-15(7-8-17(14)19)26-20(29)12-27-13-24-22-18(23(27)31)11-25-28(22)16-5-3-2-4-6-16/h2-11,13H,12H2,1H3,(H,26,29). The fraction of sp³-hybridized carbons (Fsp3) is 0.0870. The van der Waals surface area contributed by atoms with Crippen LogP contribution in [0.1, 0.15) is 5.56 Å². The first-order valence-corrected chi connectivity index (χ1v) is 9.82. The SMILES string of the molecule is Cc1cc(=O)oc2cc(NC(=O)Cn3cnc4c(cnn4-c4ccccc4)c3=O)ccc12. The lowest BCUT2D eigenvalue weighted by molar-refractivity contribution is -0.116. The lowest BCUT2D eigenvalue weighted by Crippen LogP contribution is -2.27. The molecule has 0 bridgehead atoms. The zero-order valence-electron chi connectivity index (χ0n) is 17.0. The van der Waals surface area contributed by atoms with Gasteiger partial charge in [0.05, 0.1) is 11.9 Å². The van der Waals surface area contributed by atoms with Crippen molar-refractivity contribution in [2.45, 2.75) is 13.5 Å². The summed E-state index contributed by atoms with van der Waals surface area (Å²) >= 11 is 0. The molecule has 0 aliphatic heterocycles. The number of fused-ring (bicyclic) bond motifs is 2. The van der Waals surface area contributed by atoms with Crippen LogP contribution in [0.5, 0.6) is 0 Å². The third kappa shape index (κ3) is 3.45. The summed E-state index contributed by atoms with van der Waals surface area (Å²) in [6.07, 6.45) is 2.77. The summed E-state index contributed by atoms with van der Waals surface area (Å²) in [5, 5.41) is 8.07. The van der Waals surface area contributed by atoms with Crippen molar-refractivity contribution in [1.29, 1.82) is 0 Å². The molecule has 3 aromatic heterocycles. The summed E-state index contributed by atoms with van der Waals surface area (Å²) in [5.74, 6) is -0.418. The second-order valence-electron chi connectivity index (χ2n) is 7.31. The average Bonchev–Trinajstić information content (AvgIpc) is 3.21. The smallest absolute Gasteiger partial charge is 0.336 e. The number of aryl methyl sites for hydroxylation is 1. The average molecular weight is 427 g/mol. The number of carbonyl (C=O) groups excluding carboxylic acids is 1. The molecule has 9 nitrogen and oxygen atoms in total. The molecule has 0 unspecified atom stereocenters. The highest BCUT2D eigenvalue weighted by molar-refractivity contribution is 5.93. The van der Waals surface area contributed by atoms with Crippen molar-refractivity contribution in [2.24, 2.45) is 0 Å². The maximum atomic E-state index is 12.9. The van der Waals surface area contributed by atoms with E-state index < -0.39 is 11.5 Å². The van der Waals surface area contributed by atoms with E-state index in [4.69, 9.17) is 4.42 Å². The number of anilines is 1. The van der Waals surface area contributed by atoms with Crippen molar-refractivity contribution in [1.82, 2.24) is 19.3 Å². The monoisotopic (exact) mass is 427 g/mol. The van der Waals surface area contributed by atoms with Crippen molar-refractivity contribution in [3.63, 3.8) is 0 Å². The molecule has 0 saturated heterocycles. The molecule has 1 amide bonds. The fourth-order valence-corrected chi connectivity index (χ4v) is 3.58. The molecule has 0 radical (unpaired) electrons. The van der Waals surface area contributed by atoms with E-state index in [1.807, 2.05) is 37.3 Å². The highest BCUT2D eigenvalue weighted by Crippen LogP contribution is 2.20. The third-order valence-corrected chi connectivity index (χ3v) is 5.10. The summed E-state index contributed by atoms with van der Waals surface area (Å²) in [6.45, 7) is 1.58. The van der Waals surface area contributed by atoms with Crippen molar-refractivity contribution in [3.8, 4) is 5.69 Å². The van der Waals surface area contributed by atoms with Gasteiger partial charge in [0.15, 0.2) is 5.65 Å². The first-order chi connectivity index (χ1) is 15.5. The number of rotatable bonds is 4. The van der Waals surface area contributed by atoms with Crippen LogP contribution in [0, 0.1) is 6.92 Å². The van der Waals surface area contributed by atoms with Gasteiger partial charge in [-0.25, -0.2) is 14.5 Å². The fourth-order valence-electron chi connectivity index (χ4n) is 3.58. The summed E-state index contributed by atoms with van der Waals surface area (Å²) in [6, 6.07) is 15.8. The molecule has 0 aliphatic carbocycles. The molecule has 5 rings (SSSR count). The van der Waals surface area contributed by atoms with Crippen molar-refractivity contribution >= 4 is 33.6 Å². The van der Waals surface area contributed by atoms with Crippen LogP contribution in [0.4, 0.5) is 5.69 Å². The number of nitrogens with one attached hydrogen (secondary N) is 1. The third-order valence-electron chi connectivity index (χ3n) is 5.10. The molecule has 3 heterocycles. The summed E-state index contributed by atoms with van der Waals surface area (Å²) in [7, 11) is 0. The predicted octanol–water partition coefficient (Wildman–Crippen LogP) is 2.64. The van der Waals surface area contributed by atoms with Crippen LogP contribution in [0.15, 0.2) is 81.1 Å². The molecule has 0 saturated carbocycles. The number of hydrogen-bond donors (Lipinski definition) is 1. The molecule has 0 aliphatic rings. The number of para-hydroxylation sites is 1. The Hall–Kier alpha value is -4.53. The Morgan fingerprint density at radius 2 is 1.88 bits per heavy atom. The molecule has 9 heteroatoms. The van der Waals surface area contributed by atoms with Crippen LogP contribution in [-0.4, -0.2) is 25.2 Å². The van der Waals surface area contributed by atoms with Gasteiger partial charge in [-0.1, -0.05) is 18.2 Å². The highest BCUT2D eigenvalue weighted by atomic mass is 16.4. The largest absolute Gasteiger partial charge is 0.423 e. The normalized spacial score (nSPS) is 11.2. The van der Waals surface area contributed by atoms with Crippen LogP contribution < -0.4 is 16.5 Å². The summed E-state index contributed by atoms with van der Waals surface area (Å²) in [4.78, 5) is 41.3. The van der Waals surface area contributed by atoms with E-state index in [-0.39, 0.29) is 12.1 Å². The Morgan fingerprint density at radius 1 is 1.06 bits per heavy atom. The van der Waals surface area contributed by atoms with Crippen molar-refractivity contribution < 1.29 is 9.21 Å². The summed E-state index contributed by atoms with van der Waals surface area (Å²) < 4.78 is 8.01. The number of benzene rings is 2. The molecule has 1 N–H and O–H groups in total. The van der Waals surface area contributed by atoms with Gasteiger partial charge in [-0.3, -0.25) is 14.2 Å². The highest BCUT2D eigenvalue weighted by Gasteiger charge is 2.14. The van der Waals surface area contributed by atoms with Crippen LogP contribution in [0.3, 0.4) is 0 Å². The molecular formula is C23H17N5O4. The van der Waals surface area contributed by atoms with Gasteiger partial charge in [-0.2, -0.15) is 5.10 Å². The maximum Gasteiger partial charge on any atom is 0.336 e. The molecular weight excluding hydrogens is 410 g/mol. The van der Waals surface area contributed by atoms with Gasteiger partial charge in [-0.15, -0.1) is 0 Å². The molecule has 5 aromatic rings. The Balaban J connectivity index is 1.40. The molecule has 0 atom stereocenters. The first kappa shape index (κ1) is 19.4. The first-order valence-electron chi connectivity index (χ1n) is 9.82. The Labute approximate surface area is 180 Å². The zero-order valence-corrected chi connectivity index (χ0v) is 17.0. The van der Waals surface area contributed by atoms with Gasteiger partial charge in [0.1, 0.15) is 23.8 Å². The van der Waals surface area contributed by atoms with E-state index in [0.29, 0.717) is 22.3 Å². The van der Waals surface area contributed by atoms with Crippen LogP contribution in [-0.2, 0) is 11.3 Å². The number of carbonyl (C=O) groups is 1. The van der Waals surface area contributed by atoms with E-state index >= 15 is 0 Å². The van der Waals surface area contributed by atoms with Crippen molar-refractivity contribution in [3.05, 3.63) is 93.5 Å². The zero-order chi connectivity index (χ0) is 22.2. The molecule has 32 heavy (non-hydrogen) atoms. The van der Waals surface area contributed by atoms with Gasteiger partial charge < -0.3 is 9.73 Å². The summed E-state index contributed by atoms with van der Waals surface area (Å²) in [5.41, 5.74) is 1.99. The van der Waals surface area contributed by atoms with Gasteiger partial charge in [0.2, 0.25) is 5.91 Å². The lowest BCUT2D eigenvalue weighted by atomic mass is 10.1. The molecule has 0 spiro atoms. The number of hydrogen-bond acceptors (Lipinski definition) is 6. The van der Waals surface area contributed by atoms with Crippen LogP contribution >= 0.6 is 0 Å². The van der Waals surface area contributed by atoms with Gasteiger partial charge >= 0.3 is 5.63 Å². The topological polar surface area (TPSA) is 112 Å². The maximum absolute atomic E-state index is 12.9. The molecule has 0 fully saturated rings. The number of aromatic nitrogens is 4. The van der Waals surface area contributed by atoms with E-state index in [0.717, 1.165) is 16.6 Å². The van der Waals surface area contributed by atoms with Gasteiger partial charge in [-0.05, 0) is 36.8 Å². The van der Waals surface area contributed by atoms with E-state index in [1.165, 1.54) is 23.2 Å². The van der Waals surface area contributed by atoms with E-state index in [1.54, 1.807) is 22.9 Å². The van der Waals surface area contributed by atoms with Gasteiger partial charge in [0.25, 0.3) is 5.56 Å². The quantitative estimate of drug-likeness (QED) is 0.441. The van der Waals surface area contributed by atoms with Crippen LogP contribution in [0.2, 0.25) is 0 Å². The van der Waals surface area contributed by atoms with E-state index in [9.17, 15) is 14.4 Å². The minimum absolute atomic E-state index is 0.228. The minimum atomic E-state index is -0.458. The second-order valence-corrected chi connectivity index (χ2v) is 7.31. The van der Waals surface area contributed by atoms with Crippen molar-refractivity contribution in [2.75, 3.05) is 5.32 Å². The molecule has 158 valence electrons. The van der Waals surface area contributed by atoms with E-state index in [2.05, 4.69) is 15.4 Å². The lowest BCUT2D eigenvalue weighted by Gasteiger charge is -2.09. The minimum Gasteiger partial charge on any atom is -0.423 e. The Morgan fingerprint density at radius 3 is 2.69 bits per heavy atom. The Bertz CT molecular complexity index is 1600. The number of nitrogens with zero attached hydrogens (tertiary/aromatic N) is 4.